The van der Waals surface area contributed by atoms with E-state index in [-0.39, 0.29) is 0 Å². The van der Waals surface area contributed by atoms with Crippen molar-refractivity contribution in [1.82, 2.24) is 4.90 Å². The summed E-state index contributed by atoms with van der Waals surface area (Å²) in [6, 6.07) is 11.1. The van der Waals surface area contributed by atoms with Gasteiger partial charge in [0.25, 0.3) is 0 Å². The predicted molar refractivity (Wildman–Crippen MR) is 97.2 cm³/mol. The first-order valence-corrected chi connectivity index (χ1v) is 9.92. The van der Waals surface area contributed by atoms with Crippen LogP contribution in [-0.2, 0) is 13.3 Å². The Morgan fingerprint density at radius 1 is 1.04 bits per heavy atom. The van der Waals surface area contributed by atoms with Gasteiger partial charge in [-0.25, -0.2) is 0 Å². The summed E-state index contributed by atoms with van der Waals surface area (Å²) in [6.07, 6.45) is 5.28. The number of hydrogen-bond donors (Lipinski definition) is 1. The highest BCUT2D eigenvalue weighted by Gasteiger charge is 2.36. The van der Waals surface area contributed by atoms with Gasteiger partial charge in [-0.3, -0.25) is 4.90 Å². The van der Waals surface area contributed by atoms with Crippen LogP contribution in [0.5, 0.6) is 0 Å². The molecule has 0 saturated carbocycles. The third-order valence-corrected chi connectivity index (χ3v) is 6.64. The molecule has 0 amide bonds. The van der Waals surface area contributed by atoms with Gasteiger partial charge in [-0.2, -0.15) is 0 Å². The first-order chi connectivity index (χ1) is 11.2. The van der Waals surface area contributed by atoms with Crippen molar-refractivity contribution in [3.8, 4) is 0 Å². The molecule has 130 valence electrons. The first kappa shape index (κ1) is 20.0. The molecule has 2 N–H and O–H groups in total. The Morgan fingerprint density at radius 3 is 2.26 bits per heavy atom. The van der Waals surface area contributed by atoms with E-state index >= 15 is 0 Å². The third-order valence-electron chi connectivity index (χ3n) is 3.81. The molecule has 5 nitrogen and oxygen atoms in total. The summed E-state index contributed by atoms with van der Waals surface area (Å²) in [5.74, 6) is 0. The highest BCUT2D eigenvalue weighted by atomic mass is 28.4. The van der Waals surface area contributed by atoms with Crippen LogP contribution in [0, 0.1) is 0 Å². The summed E-state index contributed by atoms with van der Waals surface area (Å²) in [5.41, 5.74) is 6.93. The average molecular weight is 339 g/mol. The zero-order chi connectivity index (χ0) is 17.0. The zero-order valence-electron chi connectivity index (χ0n) is 14.5. The van der Waals surface area contributed by atoms with Gasteiger partial charge in [-0.05, 0) is 18.5 Å². The maximum Gasteiger partial charge on any atom is 0.500 e. The van der Waals surface area contributed by atoms with Crippen molar-refractivity contribution in [2.24, 2.45) is 5.73 Å². The van der Waals surface area contributed by atoms with E-state index < -0.39 is 8.80 Å². The topological polar surface area (TPSA) is 57.0 Å². The molecule has 0 heterocycles. The summed E-state index contributed by atoms with van der Waals surface area (Å²) in [5, 5.41) is 0. The number of nitrogens with two attached hydrogens (primary N) is 1. The Morgan fingerprint density at radius 2 is 1.70 bits per heavy atom. The van der Waals surface area contributed by atoms with E-state index in [1.54, 1.807) is 21.3 Å². The fraction of sp³-hybridized carbons (Fsp3) is 0.529. The lowest BCUT2D eigenvalue weighted by Crippen LogP contribution is -2.43. The van der Waals surface area contributed by atoms with E-state index in [0.29, 0.717) is 6.54 Å². The van der Waals surface area contributed by atoms with Crippen molar-refractivity contribution < 1.29 is 13.3 Å². The lowest BCUT2D eigenvalue weighted by molar-refractivity contribution is 0.121. The van der Waals surface area contributed by atoms with Crippen LogP contribution in [0.3, 0.4) is 0 Å². The van der Waals surface area contributed by atoms with Crippen molar-refractivity contribution >= 4 is 14.9 Å². The molecule has 0 fully saturated rings. The molecule has 1 aromatic rings. The van der Waals surface area contributed by atoms with Gasteiger partial charge < -0.3 is 19.0 Å². The largest absolute Gasteiger partial charge is 0.500 e. The number of nitrogens with zero attached hydrogens (tertiary/aromatic N) is 1. The van der Waals surface area contributed by atoms with Gasteiger partial charge in [0.2, 0.25) is 0 Å². The fourth-order valence-electron chi connectivity index (χ4n) is 2.45. The Bertz CT molecular complexity index is 430. The second kappa shape index (κ2) is 11.5. The highest BCUT2D eigenvalue weighted by Crippen LogP contribution is 2.15. The quantitative estimate of drug-likeness (QED) is 0.592. The Kier molecular flexibility index (Phi) is 10.0. The van der Waals surface area contributed by atoms with Gasteiger partial charge >= 0.3 is 8.80 Å². The highest BCUT2D eigenvalue weighted by molar-refractivity contribution is 6.60. The molecule has 0 bridgehead atoms. The molecule has 0 aliphatic carbocycles. The Balaban J connectivity index is 2.44. The fourth-order valence-corrected chi connectivity index (χ4v) is 4.16. The van der Waals surface area contributed by atoms with E-state index in [1.807, 2.05) is 18.2 Å². The van der Waals surface area contributed by atoms with Gasteiger partial charge in [-0.15, -0.1) is 0 Å². The molecular formula is C17H30N2O3Si. The lowest BCUT2D eigenvalue weighted by atomic mass is 10.2. The Hall–Kier alpha value is -1.02. The molecule has 0 aliphatic heterocycles. The molecule has 0 saturated heterocycles. The van der Waals surface area contributed by atoms with Crippen LogP contribution in [0.2, 0.25) is 6.04 Å². The standard InChI is InChI=1S/C17H30N2O3Si/c1-20-23(21-2,22-3)16-8-14-19(15-12-18)13-7-11-17-9-5-4-6-10-17/h4-7,9-11H,8,12-16,18H2,1-3H3. The molecule has 0 atom stereocenters. The van der Waals surface area contributed by atoms with Crippen LogP contribution in [0.15, 0.2) is 36.4 Å². The zero-order valence-corrected chi connectivity index (χ0v) is 15.5. The van der Waals surface area contributed by atoms with Crippen molar-refractivity contribution in [1.29, 1.82) is 0 Å². The molecule has 0 aromatic heterocycles. The van der Waals surface area contributed by atoms with Crippen LogP contribution in [0.25, 0.3) is 6.08 Å². The normalized spacial score (nSPS) is 12.4. The molecular weight excluding hydrogens is 308 g/mol. The smallest absolute Gasteiger partial charge is 0.377 e. The minimum absolute atomic E-state index is 0.653. The van der Waals surface area contributed by atoms with E-state index in [2.05, 4.69) is 29.2 Å². The third kappa shape index (κ3) is 7.39. The number of rotatable bonds is 12. The lowest BCUT2D eigenvalue weighted by Gasteiger charge is -2.26. The minimum atomic E-state index is -2.47. The van der Waals surface area contributed by atoms with E-state index in [9.17, 15) is 0 Å². The molecule has 23 heavy (non-hydrogen) atoms. The number of benzene rings is 1. The van der Waals surface area contributed by atoms with E-state index in [1.165, 1.54) is 5.56 Å². The van der Waals surface area contributed by atoms with Gasteiger partial charge in [0.15, 0.2) is 0 Å². The molecule has 6 heteroatoms. The maximum atomic E-state index is 5.72. The second-order valence-electron chi connectivity index (χ2n) is 5.30. The van der Waals surface area contributed by atoms with Crippen LogP contribution < -0.4 is 5.73 Å². The van der Waals surface area contributed by atoms with Crippen molar-refractivity contribution in [3.63, 3.8) is 0 Å². The summed E-state index contributed by atoms with van der Waals surface area (Å²) in [6.45, 7) is 3.36. The summed E-state index contributed by atoms with van der Waals surface area (Å²) < 4.78 is 16.4. The second-order valence-corrected chi connectivity index (χ2v) is 8.39. The van der Waals surface area contributed by atoms with Crippen molar-refractivity contribution in [3.05, 3.63) is 42.0 Å². The SMILES string of the molecule is CO[Si](CCCN(CC=Cc1ccccc1)CCN)(OC)OC. The van der Waals surface area contributed by atoms with Crippen LogP contribution >= 0.6 is 0 Å². The van der Waals surface area contributed by atoms with Crippen molar-refractivity contribution in [2.45, 2.75) is 12.5 Å². The van der Waals surface area contributed by atoms with Gasteiger partial charge in [-0.1, -0.05) is 42.5 Å². The maximum absolute atomic E-state index is 5.72. The molecule has 0 aliphatic rings. The predicted octanol–water partition coefficient (Wildman–Crippen LogP) is 2.23. The molecule has 1 aromatic carbocycles. The van der Waals surface area contributed by atoms with Gasteiger partial charge in [0.05, 0.1) is 0 Å². The summed E-state index contributed by atoms with van der Waals surface area (Å²) in [4.78, 5) is 2.33. The molecule has 1 rings (SSSR count). The van der Waals surface area contributed by atoms with E-state index in [0.717, 1.165) is 32.1 Å². The van der Waals surface area contributed by atoms with Gasteiger partial charge in [0.1, 0.15) is 0 Å². The van der Waals surface area contributed by atoms with Crippen LogP contribution in [0.4, 0.5) is 0 Å². The van der Waals surface area contributed by atoms with E-state index in [4.69, 9.17) is 19.0 Å². The molecule has 0 unspecified atom stereocenters. The first-order valence-electron chi connectivity index (χ1n) is 7.99. The monoisotopic (exact) mass is 338 g/mol. The minimum Gasteiger partial charge on any atom is -0.377 e. The van der Waals surface area contributed by atoms with Crippen molar-refractivity contribution in [2.75, 3.05) is 47.5 Å². The number of hydrogen-bond acceptors (Lipinski definition) is 5. The average Bonchev–Trinajstić information content (AvgIpc) is 2.60. The van der Waals surface area contributed by atoms with Gasteiger partial charge in [0, 0.05) is 47.0 Å². The van der Waals surface area contributed by atoms with Crippen LogP contribution in [-0.4, -0.2) is 61.2 Å². The summed E-state index contributed by atoms with van der Waals surface area (Å²) in [7, 11) is 2.49. The molecule has 0 spiro atoms. The molecule has 0 radical (unpaired) electrons. The van der Waals surface area contributed by atoms with Crippen LogP contribution in [0.1, 0.15) is 12.0 Å². The summed E-state index contributed by atoms with van der Waals surface area (Å²) >= 11 is 0. The Labute approximate surface area is 141 Å².